The molecular weight excluding hydrogens is 260 g/mol. The van der Waals surface area contributed by atoms with Crippen LogP contribution in [0.5, 0.6) is 0 Å². The van der Waals surface area contributed by atoms with Gasteiger partial charge in [-0.1, -0.05) is 23.7 Å². The van der Waals surface area contributed by atoms with Crippen LogP contribution >= 0.6 is 11.6 Å². The normalized spacial score (nSPS) is 10.3. The Morgan fingerprint density at radius 3 is 2.63 bits per heavy atom. The molecule has 0 amide bonds. The molecule has 0 spiro atoms. The van der Waals surface area contributed by atoms with Crippen molar-refractivity contribution in [3.8, 4) is 0 Å². The van der Waals surface area contributed by atoms with Crippen LogP contribution in [0.3, 0.4) is 0 Å². The van der Waals surface area contributed by atoms with Crippen LogP contribution in [-0.2, 0) is 6.54 Å². The number of hydrogen-bond acceptors (Lipinski definition) is 4. The summed E-state index contributed by atoms with van der Waals surface area (Å²) in [5.41, 5.74) is 1.18. The quantitative estimate of drug-likeness (QED) is 0.911. The Bertz CT molecular complexity index is 527. The highest BCUT2D eigenvalue weighted by Gasteiger charge is 2.05. The molecule has 100 valence electrons. The van der Waals surface area contributed by atoms with E-state index in [9.17, 15) is 0 Å². The summed E-state index contributed by atoms with van der Waals surface area (Å²) in [6.07, 6.45) is 3.49. The van der Waals surface area contributed by atoms with Crippen molar-refractivity contribution >= 4 is 23.2 Å². The topological polar surface area (TPSA) is 41.1 Å². The molecule has 1 aromatic carbocycles. The monoisotopic (exact) mass is 276 g/mol. The lowest BCUT2D eigenvalue weighted by atomic mass is 10.2. The van der Waals surface area contributed by atoms with Crippen LogP contribution in [0.25, 0.3) is 0 Å². The van der Waals surface area contributed by atoms with Crippen LogP contribution < -0.4 is 10.2 Å². The average molecular weight is 277 g/mol. The predicted molar refractivity (Wildman–Crippen MR) is 79.8 cm³/mol. The summed E-state index contributed by atoms with van der Waals surface area (Å²) in [6.45, 7) is 3.63. The van der Waals surface area contributed by atoms with E-state index < -0.39 is 0 Å². The van der Waals surface area contributed by atoms with E-state index in [-0.39, 0.29) is 0 Å². The highest BCUT2D eigenvalue weighted by molar-refractivity contribution is 6.30. The van der Waals surface area contributed by atoms with E-state index in [1.165, 1.54) is 5.56 Å². The Morgan fingerprint density at radius 1 is 1.21 bits per heavy atom. The summed E-state index contributed by atoms with van der Waals surface area (Å²) < 4.78 is 0. The summed E-state index contributed by atoms with van der Waals surface area (Å²) in [5.74, 6) is 1.64. The van der Waals surface area contributed by atoms with Crippen LogP contribution in [0.1, 0.15) is 12.5 Å². The minimum Gasteiger partial charge on any atom is -0.369 e. The maximum atomic E-state index is 5.88. The second-order valence-electron chi connectivity index (χ2n) is 4.28. The number of aromatic nitrogens is 2. The Morgan fingerprint density at radius 2 is 1.95 bits per heavy atom. The third-order valence-corrected chi connectivity index (χ3v) is 2.96. The zero-order valence-corrected chi connectivity index (χ0v) is 11.9. The zero-order chi connectivity index (χ0) is 13.7. The van der Waals surface area contributed by atoms with Gasteiger partial charge in [-0.15, -0.1) is 0 Å². The summed E-state index contributed by atoms with van der Waals surface area (Å²) in [7, 11) is 1.99. The van der Waals surface area contributed by atoms with E-state index >= 15 is 0 Å². The van der Waals surface area contributed by atoms with Crippen molar-refractivity contribution in [1.29, 1.82) is 0 Å². The number of nitrogens with one attached hydrogen (secondary N) is 1. The number of nitrogens with zero attached hydrogens (tertiary/aromatic N) is 3. The molecule has 0 aliphatic rings. The summed E-state index contributed by atoms with van der Waals surface area (Å²) >= 11 is 5.88. The largest absolute Gasteiger partial charge is 0.369 e. The first-order valence-electron chi connectivity index (χ1n) is 6.20. The first-order valence-corrected chi connectivity index (χ1v) is 6.58. The number of anilines is 2. The van der Waals surface area contributed by atoms with Gasteiger partial charge in [0.05, 0.1) is 12.4 Å². The fraction of sp³-hybridized carbons (Fsp3) is 0.286. The summed E-state index contributed by atoms with van der Waals surface area (Å²) in [4.78, 5) is 10.7. The lowest BCUT2D eigenvalue weighted by Gasteiger charge is -2.18. The second kappa shape index (κ2) is 6.38. The Balaban J connectivity index is 2.08. The molecule has 2 rings (SSSR count). The van der Waals surface area contributed by atoms with Gasteiger partial charge in [0.2, 0.25) is 0 Å². The molecule has 0 saturated carbocycles. The molecule has 19 heavy (non-hydrogen) atoms. The van der Waals surface area contributed by atoms with Gasteiger partial charge in [-0.2, -0.15) is 0 Å². The Labute approximate surface area is 118 Å². The number of halogens is 1. The van der Waals surface area contributed by atoms with Gasteiger partial charge in [0.25, 0.3) is 0 Å². The van der Waals surface area contributed by atoms with Crippen LogP contribution in [0, 0.1) is 0 Å². The number of hydrogen-bond donors (Lipinski definition) is 1. The molecule has 0 radical (unpaired) electrons. The van der Waals surface area contributed by atoms with Gasteiger partial charge >= 0.3 is 0 Å². The van der Waals surface area contributed by atoms with Crippen molar-refractivity contribution in [2.45, 2.75) is 13.5 Å². The van der Waals surface area contributed by atoms with Crippen LogP contribution in [0.2, 0.25) is 5.02 Å². The van der Waals surface area contributed by atoms with Gasteiger partial charge in [-0.05, 0) is 24.6 Å². The van der Waals surface area contributed by atoms with E-state index in [2.05, 4.69) is 20.2 Å². The fourth-order valence-corrected chi connectivity index (χ4v) is 1.88. The minimum atomic E-state index is 0.750. The molecule has 0 aliphatic carbocycles. The van der Waals surface area contributed by atoms with Gasteiger partial charge in [0.1, 0.15) is 11.6 Å². The van der Waals surface area contributed by atoms with E-state index in [0.29, 0.717) is 0 Å². The van der Waals surface area contributed by atoms with Crippen molar-refractivity contribution in [3.05, 3.63) is 47.2 Å². The maximum absolute atomic E-state index is 5.88. The lowest BCUT2D eigenvalue weighted by molar-refractivity contribution is 0.889. The molecule has 1 N–H and O–H groups in total. The molecule has 0 fully saturated rings. The van der Waals surface area contributed by atoms with E-state index in [1.807, 2.05) is 38.2 Å². The van der Waals surface area contributed by atoms with E-state index in [1.54, 1.807) is 12.4 Å². The van der Waals surface area contributed by atoms with Gasteiger partial charge in [0, 0.05) is 25.2 Å². The number of benzene rings is 1. The van der Waals surface area contributed by atoms with Crippen LogP contribution in [0.15, 0.2) is 36.7 Å². The molecular formula is C14H17ClN4. The fourth-order valence-electron chi connectivity index (χ4n) is 1.75. The molecule has 2 aromatic rings. The Kier molecular flexibility index (Phi) is 4.58. The van der Waals surface area contributed by atoms with Crippen LogP contribution in [0.4, 0.5) is 11.6 Å². The van der Waals surface area contributed by atoms with Gasteiger partial charge < -0.3 is 10.2 Å². The van der Waals surface area contributed by atoms with Crippen molar-refractivity contribution in [3.63, 3.8) is 0 Å². The highest BCUT2D eigenvalue weighted by atomic mass is 35.5. The first kappa shape index (κ1) is 13.6. The minimum absolute atomic E-state index is 0.750. The van der Waals surface area contributed by atoms with Crippen molar-refractivity contribution < 1.29 is 0 Å². The summed E-state index contributed by atoms with van der Waals surface area (Å²) in [6, 6.07) is 7.82. The molecule has 1 heterocycles. The molecule has 0 aliphatic heterocycles. The molecule has 0 atom stereocenters. The standard InChI is InChI=1S/C14H17ClN4/c1-3-17-13-8-16-9-14(18-13)19(2)10-11-4-6-12(15)7-5-11/h4-9H,3,10H2,1-2H3,(H,17,18). The smallest absolute Gasteiger partial charge is 0.149 e. The van der Waals surface area contributed by atoms with Gasteiger partial charge in [-0.25, -0.2) is 4.98 Å². The Hall–Kier alpha value is -1.81. The van der Waals surface area contributed by atoms with E-state index in [0.717, 1.165) is 29.7 Å². The van der Waals surface area contributed by atoms with Crippen molar-refractivity contribution in [2.75, 3.05) is 23.8 Å². The maximum Gasteiger partial charge on any atom is 0.149 e. The third-order valence-electron chi connectivity index (χ3n) is 2.70. The average Bonchev–Trinajstić information content (AvgIpc) is 2.42. The van der Waals surface area contributed by atoms with Gasteiger partial charge in [0.15, 0.2) is 0 Å². The highest BCUT2D eigenvalue weighted by Crippen LogP contribution is 2.15. The molecule has 5 heteroatoms. The molecule has 1 aromatic heterocycles. The SMILES string of the molecule is CCNc1cncc(N(C)Cc2ccc(Cl)cc2)n1. The van der Waals surface area contributed by atoms with Crippen LogP contribution in [-0.4, -0.2) is 23.6 Å². The second-order valence-corrected chi connectivity index (χ2v) is 4.71. The van der Waals surface area contributed by atoms with Gasteiger partial charge in [-0.3, -0.25) is 4.98 Å². The van der Waals surface area contributed by atoms with E-state index in [4.69, 9.17) is 11.6 Å². The first-order chi connectivity index (χ1) is 9.19. The molecule has 0 saturated heterocycles. The third kappa shape index (κ3) is 3.83. The summed E-state index contributed by atoms with van der Waals surface area (Å²) in [5, 5.41) is 3.91. The van der Waals surface area contributed by atoms with Crippen molar-refractivity contribution in [1.82, 2.24) is 9.97 Å². The molecule has 0 unspecified atom stereocenters. The lowest BCUT2D eigenvalue weighted by Crippen LogP contribution is -2.18. The predicted octanol–water partition coefficient (Wildman–Crippen LogP) is 3.20. The zero-order valence-electron chi connectivity index (χ0n) is 11.1. The van der Waals surface area contributed by atoms with Crippen molar-refractivity contribution in [2.24, 2.45) is 0 Å². The number of rotatable bonds is 5. The molecule has 4 nitrogen and oxygen atoms in total. The molecule has 0 bridgehead atoms.